The highest BCUT2D eigenvalue weighted by Crippen LogP contribution is 2.36. The lowest BCUT2D eigenvalue weighted by atomic mass is 10.1. The molecule has 1 saturated carbocycles. The first-order valence-corrected chi connectivity index (χ1v) is 11.8. The van der Waals surface area contributed by atoms with E-state index < -0.39 is 20.5 Å². The van der Waals surface area contributed by atoms with Crippen LogP contribution in [0, 0.1) is 35.5 Å². The van der Waals surface area contributed by atoms with E-state index in [0.717, 1.165) is 23.6 Å². The summed E-state index contributed by atoms with van der Waals surface area (Å²) in [5, 5.41) is 30.0. The highest BCUT2D eigenvalue weighted by atomic mass is 32.2. The van der Waals surface area contributed by atoms with Crippen molar-refractivity contribution in [1.29, 1.82) is 0 Å². The topological polar surface area (TPSA) is 159 Å². The van der Waals surface area contributed by atoms with Crippen LogP contribution in [-0.2, 0) is 26.0 Å². The first-order valence-electron chi connectivity index (χ1n) is 9.91. The fraction of sp³-hybridized carbons (Fsp3) is 0.409. The van der Waals surface area contributed by atoms with Gasteiger partial charge in [-0.2, -0.15) is 5.10 Å². The van der Waals surface area contributed by atoms with E-state index in [9.17, 15) is 13.2 Å². The zero-order valence-corrected chi connectivity index (χ0v) is 19.0. The first kappa shape index (κ1) is 25.9. The van der Waals surface area contributed by atoms with Gasteiger partial charge in [-0.05, 0) is 55.7 Å². The number of benzene rings is 1. The SMILES string of the molecule is C[C@@](CCn1cc2cc(C#CC#C[C@H]3C[C@@H]3CO)ccc2n1)(C(=O)NO)S(C)(=O)=O.O=CO. The Morgan fingerprint density at radius 2 is 2.09 bits per heavy atom. The molecule has 1 fully saturated rings. The number of sulfone groups is 1. The summed E-state index contributed by atoms with van der Waals surface area (Å²) in [7, 11) is -3.76. The fourth-order valence-electron chi connectivity index (χ4n) is 3.04. The van der Waals surface area contributed by atoms with Gasteiger partial charge in [-0.15, -0.1) is 0 Å². The summed E-state index contributed by atoms with van der Waals surface area (Å²) in [5.41, 5.74) is 2.92. The van der Waals surface area contributed by atoms with E-state index >= 15 is 0 Å². The average Bonchev–Trinajstić information content (AvgIpc) is 3.41. The number of hydrogen-bond donors (Lipinski definition) is 4. The van der Waals surface area contributed by atoms with Gasteiger partial charge in [-0.25, -0.2) is 13.9 Å². The summed E-state index contributed by atoms with van der Waals surface area (Å²) in [5.74, 6) is 11.2. The van der Waals surface area contributed by atoms with Crippen LogP contribution in [0.4, 0.5) is 0 Å². The molecule has 0 aliphatic heterocycles. The number of hydrogen-bond acceptors (Lipinski definition) is 7. The van der Waals surface area contributed by atoms with Crippen LogP contribution in [-0.4, -0.2) is 63.6 Å². The monoisotopic (exact) mass is 475 g/mol. The van der Waals surface area contributed by atoms with E-state index in [0.29, 0.717) is 5.52 Å². The van der Waals surface area contributed by atoms with Crippen LogP contribution in [0.5, 0.6) is 0 Å². The maximum Gasteiger partial charge on any atom is 0.290 e. The van der Waals surface area contributed by atoms with Crippen molar-refractivity contribution in [3.05, 3.63) is 30.0 Å². The Morgan fingerprint density at radius 3 is 2.67 bits per heavy atom. The summed E-state index contributed by atoms with van der Waals surface area (Å²) in [6.45, 7) is 1.36. The molecule has 33 heavy (non-hydrogen) atoms. The Balaban J connectivity index is 0.00000122. The van der Waals surface area contributed by atoms with Gasteiger partial charge in [-0.1, -0.05) is 11.8 Å². The molecule has 0 saturated heterocycles. The molecule has 0 unspecified atom stereocenters. The van der Waals surface area contributed by atoms with Crippen molar-refractivity contribution in [2.75, 3.05) is 12.9 Å². The molecule has 4 N–H and O–H groups in total. The maximum absolute atomic E-state index is 12.1. The second kappa shape index (κ2) is 11.0. The molecule has 176 valence electrons. The van der Waals surface area contributed by atoms with E-state index in [4.69, 9.17) is 20.2 Å². The summed E-state index contributed by atoms with van der Waals surface area (Å²) in [4.78, 5) is 20.3. The smallest absolute Gasteiger partial charge is 0.290 e. The molecule has 1 aromatic carbocycles. The predicted octanol–water partition coefficient (Wildman–Crippen LogP) is 0.419. The quantitative estimate of drug-likeness (QED) is 0.202. The Labute approximate surface area is 191 Å². The third-order valence-corrected chi connectivity index (χ3v) is 7.48. The number of aliphatic hydroxyl groups excluding tert-OH is 1. The number of aromatic nitrogens is 2. The van der Waals surface area contributed by atoms with Crippen molar-refractivity contribution in [3.8, 4) is 23.7 Å². The lowest BCUT2D eigenvalue weighted by Crippen LogP contribution is -2.49. The zero-order valence-electron chi connectivity index (χ0n) is 18.1. The van der Waals surface area contributed by atoms with E-state index in [1.54, 1.807) is 10.9 Å². The highest BCUT2D eigenvalue weighted by Gasteiger charge is 2.43. The molecule has 0 bridgehead atoms. The second-order valence-electron chi connectivity index (χ2n) is 7.77. The van der Waals surface area contributed by atoms with Gasteiger partial charge in [-0.3, -0.25) is 19.5 Å². The van der Waals surface area contributed by atoms with Gasteiger partial charge in [0.2, 0.25) is 0 Å². The van der Waals surface area contributed by atoms with Crippen molar-refractivity contribution in [2.45, 2.75) is 31.1 Å². The third-order valence-electron chi connectivity index (χ3n) is 5.45. The molecule has 11 heteroatoms. The number of aryl methyl sites for hydroxylation is 1. The van der Waals surface area contributed by atoms with Crippen molar-refractivity contribution in [2.24, 2.45) is 11.8 Å². The van der Waals surface area contributed by atoms with Crippen molar-refractivity contribution < 1.29 is 33.4 Å². The van der Waals surface area contributed by atoms with Crippen molar-refractivity contribution in [3.63, 3.8) is 0 Å². The normalized spacial score (nSPS) is 18.3. The van der Waals surface area contributed by atoms with Crippen LogP contribution in [0.3, 0.4) is 0 Å². The minimum absolute atomic E-state index is 0.0511. The summed E-state index contributed by atoms with van der Waals surface area (Å²) in [6.07, 6.45) is 3.59. The standard InChI is InChI=1S/C21H23N3O5S.CH2O2/c1-21(20(26)23-27,30(2,28)29)9-10-24-13-17-11-15(7-8-19(17)22-24)5-3-4-6-16-12-18(16)14-25;2-1-3/h7-8,11,13,16,18,25,27H,9-10,12,14H2,1-2H3,(H,23,26);1H,(H,2,3)/t16-,18+,21+;/m0./s1. The number of carbonyl (C=O) groups excluding carboxylic acids is 1. The highest BCUT2D eigenvalue weighted by molar-refractivity contribution is 7.92. The first-order chi connectivity index (χ1) is 15.6. The van der Waals surface area contributed by atoms with Gasteiger partial charge in [0.15, 0.2) is 14.6 Å². The van der Waals surface area contributed by atoms with Gasteiger partial charge in [0.05, 0.1) is 5.52 Å². The zero-order chi connectivity index (χ0) is 24.6. The van der Waals surface area contributed by atoms with Crippen LogP contribution >= 0.6 is 0 Å². The van der Waals surface area contributed by atoms with Gasteiger partial charge in [0, 0.05) is 42.5 Å². The van der Waals surface area contributed by atoms with Gasteiger partial charge in [0.25, 0.3) is 12.4 Å². The maximum atomic E-state index is 12.1. The number of nitrogens with one attached hydrogen (secondary N) is 1. The van der Waals surface area contributed by atoms with Crippen LogP contribution in [0.1, 0.15) is 25.3 Å². The lowest BCUT2D eigenvalue weighted by molar-refractivity contribution is -0.131. The molecule has 1 heterocycles. The van der Waals surface area contributed by atoms with Crippen LogP contribution < -0.4 is 5.48 Å². The van der Waals surface area contributed by atoms with Gasteiger partial charge < -0.3 is 10.2 Å². The number of nitrogens with zero attached hydrogens (tertiary/aromatic N) is 2. The van der Waals surface area contributed by atoms with E-state index in [1.807, 2.05) is 18.2 Å². The van der Waals surface area contributed by atoms with Crippen molar-refractivity contribution >= 4 is 33.1 Å². The molecule has 3 rings (SSSR count). The van der Waals surface area contributed by atoms with Crippen LogP contribution in [0.25, 0.3) is 10.9 Å². The number of fused-ring (bicyclic) bond motifs is 1. The molecule has 1 amide bonds. The minimum atomic E-state index is -3.76. The van der Waals surface area contributed by atoms with Gasteiger partial charge in [0.1, 0.15) is 0 Å². The minimum Gasteiger partial charge on any atom is -0.483 e. The summed E-state index contributed by atoms with van der Waals surface area (Å²) in [6, 6.07) is 5.49. The van der Waals surface area contributed by atoms with Crippen molar-refractivity contribution in [1.82, 2.24) is 15.3 Å². The molecule has 2 aromatic rings. The van der Waals surface area contributed by atoms with Crippen LogP contribution in [0.15, 0.2) is 24.4 Å². The largest absolute Gasteiger partial charge is 0.483 e. The Bertz CT molecular complexity index is 1250. The Hall–Kier alpha value is -3.38. The van der Waals surface area contributed by atoms with Crippen LogP contribution in [0.2, 0.25) is 0 Å². The van der Waals surface area contributed by atoms with E-state index in [2.05, 4.69) is 28.8 Å². The molecule has 0 spiro atoms. The number of carboxylic acid groups (broad SMARTS) is 1. The molecular formula is C22H25N3O7S. The molecule has 0 radical (unpaired) electrons. The third kappa shape index (κ3) is 6.56. The molecule has 1 aromatic heterocycles. The van der Waals surface area contributed by atoms with E-state index in [1.165, 1.54) is 12.4 Å². The predicted molar refractivity (Wildman–Crippen MR) is 120 cm³/mol. The molecule has 10 nitrogen and oxygen atoms in total. The summed E-state index contributed by atoms with van der Waals surface area (Å²) >= 11 is 0. The lowest BCUT2D eigenvalue weighted by Gasteiger charge is -2.24. The molecule has 1 aliphatic rings. The number of hydroxylamine groups is 1. The Kier molecular flexibility index (Phi) is 8.60. The van der Waals surface area contributed by atoms with Gasteiger partial charge >= 0.3 is 0 Å². The molecular weight excluding hydrogens is 450 g/mol. The number of aliphatic hydroxyl groups is 1. The fourth-order valence-corrected chi connectivity index (χ4v) is 3.89. The molecule has 3 atom stereocenters. The van der Waals surface area contributed by atoms with E-state index in [-0.39, 0.29) is 37.9 Å². The second-order valence-corrected chi connectivity index (χ2v) is 10.2. The summed E-state index contributed by atoms with van der Waals surface area (Å²) < 4.78 is 23.9. The number of rotatable bonds is 6. The Morgan fingerprint density at radius 1 is 1.39 bits per heavy atom. The molecule has 1 aliphatic carbocycles. The number of amides is 1. The number of carbonyl (C=O) groups is 2. The average molecular weight is 476 g/mol.